The molecule has 0 saturated carbocycles. The van der Waals surface area contributed by atoms with Gasteiger partial charge in [0, 0.05) is 22.2 Å². The second-order valence-corrected chi connectivity index (χ2v) is 6.90. The lowest BCUT2D eigenvalue weighted by molar-refractivity contribution is -0.120. The van der Waals surface area contributed by atoms with Crippen molar-refractivity contribution in [3.05, 3.63) is 51.5 Å². The van der Waals surface area contributed by atoms with E-state index in [9.17, 15) is 9.59 Å². The highest BCUT2D eigenvalue weighted by Crippen LogP contribution is 2.33. The largest absolute Gasteiger partial charge is 0.493 e. The maximum absolute atomic E-state index is 12.4. The molecule has 2 N–H and O–H groups in total. The van der Waals surface area contributed by atoms with Crippen molar-refractivity contribution in [3.8, 4) is 11.5 Å². The zero-order chi connectivity index (χ0) is 21.6. The molecule has 0 fully saturated rings. The number of ether oxygens (including phenoxy) is 3. The van der Waals surface area contributed by atoms with Gasteiger partial charge in [-0.15, -0.1) is 0 Å². The molecule has 9 heteroatoms. The fourth-order valence-electron chi connectivity index (χ4n) is 2.70. The summed E-state index contributed by atoms with van der Waals surface area (Å²) in [5, 5.41) is 6.75. The van der Waals surface area contributed by atoms with E-state index in [0.29, 0.717) is 27.2 Å². The van der Waals surface area contributed by atoms with Crippen molar-refractivity contribution in [2.75, 3.05) is 33.2 Å². The van der Waals surface area contributed by atoms with Gasteiger partial charge in [0.1, 0.15) is 0 Å². The molecule has 0 aliphatic rings. The van der Waals surface area contributed by atoms with Gasteiger partial charge >= 0.3 is 5.97 Å². The van der Waals surface area contributed by atoms with Gasteiger partial charge in [0.05, 0.1) is 45.2 Å². The van der Waals surface area contributed by atoms with Gasteiger partial charge < -0.3 is 24.8 Å². The predicted octanol–water partition coefficient (Wildman–Crippen LogP) is 4.09. The van der Waals surface area contributed by atoms with Crippen molar-refractivity contribution in [1.29, 1.82) is 0 Å². The van der Waals surface area contributed by atoms with E-state index in [-0.39, 0.29) is 24.1 Å². The summed E-state index contributed by atoms with van der Waals surface area (Å²) in [4.78, 5) is 24.5. The molecular formula is C20H22Cl2N2O5. The average molecular weight is 441 g/mol. The Kier molecular flexibility index (Phi) is 7.99. The first-order valence-electron chi connectivity index (χ1n) is 8.63. The highest BCUT2D eigenvalue weighted by Gasteiger charge is 2.19. The van der Waals surface area contributed by atoms with Crippen LogP contribution in [0.3, 0.4) is 0 Å². The molecule has 1 atom stereocenters. The number of amides is 1. The van der Waals surface area contributed by atoms with E-state index < -0.39 is 5.97 Å². The van der Waals surface area contributed by atoms with Gasteiger partial charge in [-0.2, -0.15) is 0 Å². The van der Waals surface area contributed by atoms with E-state index >= 15 is 0 Å². The molecule has 156 valence electrons. The molecule has 0 aliphatic heterocycles. The van der Waals surface area contributed by atoms with Crippen molar-refractivity contribution in [3.63, 3.8) is 0 Å². The molecule has 2 aromatic carbocycles. The van der Waals surface area contributed by atoms with Crippen LogP contribution in [0.15, 0.2) is 30.3 Å². The smallest absolute Gasteiger partial charge is 0.340 e. The summed E-state index contributed by atoms with van der Waals surface area (Å²) in [7, 11) is 4.21. The van der Waals surface area contributed by atoms with Gasteiger partial charge in [-0.25, -0.2) is 4.79 Å². The summed E-state index contributed by atoms with van der Waals surface area (Å²) in [6.45, 7) is 1.72. The summed E-state index contributed by atoms with van der Waals surface area (Å²) in [5.41, 5.74) is 1.33. The van der Waals surface area contributed by atoms with Crippen molar-refractivity contribution in [2.45, 2.75) is 13.0 Å². The number of carbonyl (C=O) groups excluding carboxylic acids is 2. The second-order valence-electron chi connectivity index (χ2n) is 6.05. The SMILES string of the molecule is COC(=O)c1cc(OC)c(OC)cc1NCC(=O)N[C@H](C)c1ccc(Cl)cc1Cl. The normalized spacial score (nSPS) is 11.4. The van der Waals surface area contributed by atoms with Crippen LogP contribution in [0.2, 0.25) is 10.0 Å². The summed E-state index contributed by atoms with van der Waals surface area (Å²) in [5.74, 6) is -0.0948. The third kappa shape index (κ3) is 5.68. The fourth-order valence-corrected chi connectivity index (χ4v) is 3.27. The third-order valence-electron chi connectivity index (χ3n) is 4.17. The number of hydrogen-bond acceptors (Lipinski definition) is 6. The molecular weight excluding hydrogens is 419 g/mol. The number of nitrogens with one attached hydrogen (secondary N) is 2. The highest BCUT2D eigenvalue weighted by atomic mass is 35.5. The fraction of sp³-hybridized carbons (Fsp3) is 0.300. The molecule has 0 bridgehead atoms. The van der Waals surface area contributed by atoms with Crippen molar-refractivity contribution >= 4 is 40.8 Å². The lowest BCUT2D eigenvalue weighted by Crippen LogP contribution is -2.32. The van der Waals surface area contributed by atoms with Gasteiger partial charge in [-0.05, 0) is 24.6 Å². The van der Waals surface area contributed by atoms with Gasteiger partial charge in [0.25, 0.3) is 0 Å². The van der Waals surface area contributed by atoms with Gasteiger partial charge in [-0.1, -0.05) is 29.3 Å². The first-order chi connectivity index (χ1) is 13.8. The lowest BCUT2D eigenvalue weighted by atomic mass is 10.1. The molecule has 0 radical (unpaired) electrons. The Morgan fingerprint density at radius 1 is 1.03 bits per heavy atom. The molecule has 0 heterocycles. The van der Waals surface area contributed by atoms with Crippen LogP contribution < -0.4 is 20.1 Å². The average Bonchev–Trinajstić information content (AvgIpc) is 2.70. The van der Waals surface area contributed by atoms with Crippen LogP contribution in [0.5, 0.6) is 11.5 Å². The minimum atomic E-state index is -0.574. The van der Waals surface area contributed by atoms with E-state index in [1.807, 2.05) is 6.92 Å². The topological polar surface area (TPSA) is 85.9 Å². The maximum Gasteiger partial charge on any atom is 0.340 e. The Hall–Kier alpha value is -2.64. The number of esters is 1. The maximum atomic E-state index is 12.4. The molecule has 2 rings (SSSR count). The van der Waals surface area contributed by atoms with Crippen LogP contribution in [0.25, 0.3) is 0 Å². The molecule has 0 aliphatic carbocycles. The Labute approximate surface area is 179 Å². The van der Waals surface area contributed by atoms with E-state index in [2.05, 4.69) is 10.6 Å². The van der Waals surface area contributed by atoms with Crippen LogP contribution in [0, 0.1) is 0 Å². The highest BCUT2D eigenvalue weighted by molar-refractivity contribution is 6.35. The number of carbonyl (C=O) groups is 2. The summed E-state index contributed by atoms with van der Waals surface area (Å²) >= 11 is 12.1. The number of rotatable bonds is 8. The molecule has 7 nitrogen and oxygen atoms in total. The van der Waals surface area contributed by atoms with Crippen LogP contribution >= 0.6 is 23.2 Å². The monoisotopic (exact) mass is 440 g/mol. The Morgan fingerprint density at radius 3 is 2.28 bits per heavy atom. The third-order valence-corrected chi connectivity index (χ3v) is 4.74. The predicted molar refractivity (Wildman–Crippen MR) is 112 cm³/mol. The van der Waals surface area contributed by atoms with Gasteiger partial charge in [0.2, 0.25) is 5.91 Å². The quantitative estimate of drug-likeness (QED) is 0.601. The second kappa shape index (κ2) is 10.2. The summed E-state index contributed by atoms with van der Waals surface area (Å²) in [6.07, 6.45) is 0. The molecule has 2 aromatic rings. The Balaban J connectivity index is 2.13. The Bertz CT molecular complexity index is 905. The molecule has 0 aromatic heterocycles. The minimum absolute atomic E-state index is 0.0883. The summed E-state index contributed by atoms with van der Waals surface area (Å²) in [6, 6.07) is 7.80. The first-order valence-corrected chi connectivity index (χ1v) is 9.38. The molecule has 1 amide bonds. The minimum Gasteiger partial charge on any atom is -0.493 e. The van der Waals surface area contributed by atoms with Crippen molar-refractivity contribution in [1.82, 2.24) is 5.32 Å². The van der Waals surface area contributed by atoms with E-state index in [0.717, 1.165) is 5.56 Å². The van der Waals surface area contributed by atoms with Crippen LogP contribution in [-0.4, -0.2) is 39.8 Å². The lowest BCUT2D eigenvalue weighted by Gasteiger charge is -2.18. The molecule has 0 unspecified atom stereocenters. The Morgan fingerprint density at radius 2 is 1.69 bits per heavy atom. The van der Waals surface area contributed by atoms with Crippen molar-refractivity contribution in [2.24, 2.45) is 0 Å². The van der Waals surface area contributed by atoms with E-state index in [1.54, 1.807) is 24.3 Å². The number of halogens is 2. The molecule has 29 heavy (non-hydrogen) atoms. The molecule has 0 saturated heterocycles. The molecule has 0 spiro atoms. The zero-order valence-electron chi connectivity index (χ0n) is 16.5. The first kappa shape index (κ1) is 22.6. The summed E-state index contributed by atoms with van der Waals surface area (Å²) < 4.78 is 15.3. The number of benzene rings is 2. The number of hydrogen-bond donors (Lipinski definition) is 2. The number of methoxy groups -OCH3 is 3. The number of anilines is 1. The van der Waals surface area contributed by atoms with Gasteiger partial charge in [-0.3, -0.25) is 4.79 Å². The standard InChI is InChI=1S/C20H22Cl2N2O5/c1-11(13-6-5-12(21)7-15(13)22)24-19(25)10-23-16-9-18(28-3)17(27-2)8-14(16)20(26)29-4/h5-9,11,23H,10H2,1-4H3,(H,24,25)/t11-/m1/s1. The van der Waals surface area contributed by atoms with Gasteiger partial charge in [0.15, 0.2) is 11.5 Å². The van der Waals surface area contributed by atoms with Crippen LogP contribution in [0.4, 0.5) is 5.69 Å². The van der Waals surface area contributed by atoms with Crippen LogP contribution in [0.1, 0.15) is 28.9 Å². The van der Waals surface area contributed by atoms with Crippen molar-refractivity contribution < 1.29 is 23.8 Å². The zero-order valence-corrected chi connectivity index (χ0v) is 18.0. The van der Waals surface area contributed by atoms with E-state index in [4.69, 9.17) is 37.4 Å². The van der Waals surface area contributed by atoms with E-state index in [1.165, 1.54) is 27.4 Å². The van der Waals surface area contributed by atoms with Crippen LogP contribution in [-0.2, 0) is 9.53 Å².